The lowest BCUT2D eigenvalue weighted by molar-refractivity contribution is 0.0926. The van der Waals surface area contributed by atoms with Crippen molar-refractivity contribution in [2.45, 2.75) is 93.7 Å². The maximum Gasteiger partial charge on any atom is 0.165 e. The van der Waals surface area contributed by atoms with Crippen LogP contribution in [0.4, 0.5) is 0 Å². The number of ketones is 1. The predicted molar refractivity (Wildman–Crippen MR) is 155 cm³/mol. The molecule has 3 atom stereocenters. The summed E-state index contributed by atoms with van der Waals surface area (Å²) < 4.78 is 0. The van der Waals surface area contributed by atoms with Gasteiger partial charge in [0.2, 0.25) is 0 Å². The van der Waals surface area contributed by atoms with Crippen molar-refractivity contribution in [1.82, 2.24) is 0 Å². The van der Waals surface area contributed by atoms with Crippen molar-refractivity contribution in [3.8, 4) is 0 Å². The maximum atomic E-state index is 13.0. The van der Waals surface area contributed by atoms with Gasteiger partial charge in [-0.05, 0) is 80.0 Å². The van der Waals surface area contributed by atoms with Crippen LogP contribution in [0.25, 0.3) is 0 Å². The van der Waals surface area contributed by atoms with Gasteiger partial charge < -0.3 is 0 Å². The van der Waals surface area contributed by atoms with Gasteiger partial charge in [0.1, 0.15) is 0 Å². The summed E-state index contributed by atoms with van der Waals surface area (Å²) in [7, 11) is 4.16. The summed E-state index contributed by atoms with van der Waals surface area (Å²) in [5.41, 5.74) is 7.98. The lowest BCUT2D eigenvalue weighted by Gasteiger charge is -2.22. The van der Waals surface area contributed by atoms with Gasteiger partial charge in [0, 0.05) is 34.3 Å². The van der Waals surface area contributed by atoms with E-state index in [-0.39, 0.29) is 11.7 Å². The van der Waals surface area contributed by atoms with Gasteiger partial charge in [-0.2, -0.15) is 0 Å². The van der Waals surface area contributed by atoms with Crippen LogP contribution in [0.5, 0.6) is 0 Å². The van der Waals surface area contributed by atoms with Crippen molar-refractivity contribution >= 4 is 45.6 Å². The average Bonchev–Trinajstić information content (AvgIpc) is 2.80. The first-order valence-corrected chi connectivity index (χ1v) is 14.2. The van der Waals surface area contributed by atoms with E-state index in [2.05, 4.69) is 56.9 Å². The molecule has 1 heterocycles. The number of rotatable bonds is 8. The highest BCUT2D eigenvalue weighted by molar-refractivity contribution is 7.65. The third-order valence-electron chi connectivity index (χ3n) is 6.01. The lowest BCUT2D eigenvalue weighted by Crippen LogP contribution is -2.20. The normalized spacial score (nSPS) is 18.0. The molecule has 1 aromatic carbocycles. The van der Waals surface area contributed by atoms with Crippen LogP contribution < -0.4 is 0 Å². The van der Waals surface area contributed by atoms with E-state index in [1.54, 1.807) is 0 Å². The molecule has 0 saturated carbocycles. The van der Waals surface area contributed by atoms with Crippen LogP contribution in [0.3, 0.4) is 0 Å². The topological polar surface area (TPSA) is 29.4 Å². The number of halogens is 1. The van der Waals surface area contributed by atoms with Crippen LogP contribution >= 0.6 is 29.0 Å². The van der Waals surface area contributed by atoms with Crippen molar-refractivity contribution in [3.63, 3.8) is 0 Å². The van der Waals surface area contributed by atoms with Gasteiger partial charge in [0.15, 0.2) is 5.78 Å². The van der Waals surface area contributed by atoms with Crippen LogP contribution in [-0.2, 0) is 12.8 Å². The molecule has 182 valence electrons. The molecule has 3 unspecified atom stereocenters. The minimum Gasteiger partial charge on any atom is -0.294 e. The summed E-state index contributed by atoms with van der Waals surface area (Å²) in [5.74, 6) is 0.223. The van der Waals surface area contributed by atoms with Crippen molar-refractivity contribution in [3.05, 3.63) is 56.8 Å². The third-order valence-corrected chi connectivity index (χ3v) is 8.32. The quantitative estimate of drug-likeness (QED) is 0.256. The minimum absolute atomic E-state index is 0.0131. The number of Topliss-reactive ketones (excluding diaryl/α,β-unsaturated/α-hetero) is 1. The Morgan fingerprint density at radius 2 is 1.82 bits per heavy atom. The highest BCUT2D eigenvalue weighted by Gasteiger charge is 2.23. The van der Waals surface area contributed by atoms with E-state index in [9.17, 15) is 4.79 Å². The molecule has 0 aliphatic carbocycles. The smallest absolute Gasteiger partial charge is 0.165 e. The van der Waals surface area contributed by atoms with Crippen LogP contribution in [0, 0.1) is 5.92 Å². The number of carbonyl (C=O) groups excluding carboxylic acids is 1. The van der Waals surface area contributed by atoms with E-state index in [0.717, 1.165) is 46.7 Å². The van der Waals surface area contributed by atoms with Gasteiger partial charge in [0.05, 0.1) is 5.71 Å². The molecule has 1 aromatic rings. The molecule has 0 bridgehead atoms. The summed E-state index contributed by atoms with van der Waals surface area (Å²) in [4.78, 5) is 18.2. The first-order valence-electron chi connectivity index (χ1n) is 12.3. The Labute approximate surface area is 211 Å². The molecule has 1 aliphatic rings. The second-order valence-corrected chi connectivity index (χ2v) is 11.4. The fraction of sp³-hybridized carbons (Fsp3) is 0.536. The Bertz CT molecular complexity index is 968. The number of allylic oxidation sites excluding steroid dienone is 4. The highest BCUT2D eigenvalue weighted by atomic mass is 35.5. The van der Waals surface area contributed by atoms with Crippen molar-refractivity contribution in [2.24, 2.45) is 10.9 Å². The number of carbonyl (C=O) groups is 1. The van der Waals surface area contributed by atoms with Crippen LogP contribution in [0.2, 0.25) is 5.02 Å². The standard InChI is InChI=1S/C26H36ClNOP2.C2H6/c1-8-16(6)26(29)19-11-12-21(27)20(18(19)9-2)14-22(15(4)5)28-25-17(7)13-24(30)31-23(25)10-3;1-2/h11-13,16,23H,8-10,14,30H2,1-7H3;1-2H3. The third kappa shape index (κ3) is 7.71. The summed E-state index contributed by atoms with van der Waals surface area (Å²) in [6, 6.07) is 3.79. The van der Waals surface area contributed by atoms with E-state index < -0.39 is 0 Å². The first kappa shape index (κ1) is 30.0. The molecule has 2 rings (SSSR count). The lowest BCUT2D eigenvalue weighted by atomic mass is 9.88. The molecule has 5 heteroatoms. The SMILES string of the molecule is CC.CCc1c(C(=O)C(C)CC)ccc(Cl)c1CC(N=C1C(C)=CC(P)=PC1CC)=C(C)C. The molecule has 0 amide bonds. The van der Waals surface area contributed by atoms with Gasteiger partial charge >= 0.3 is 0 Å². The van der Waals surface area contributed by atoms with E-state index in [1.807, 2.05) is 32.9 Å². The number of aliphatic imine (C=N–C) groups is 1. The zero-order chi connectivity index (χ0) is 25.3. The van der Waals surface area contributed by atoms with Crippen molar-refractivity contribution < 1.29 is 4.79 Å². The van der Waals surface area contributed by atoms with Crippen LogP contribution in [-0.4, -0.2) is 22.2 Å². The molecular formula is C28H42ClNOP2. The molecule has 0 spiro atoms. The number of hydrogen-bond acceptors (Lipinski definition) is 2. The number of benzene rings is 1. The molecule has 0 N–H and O–H groups in total. The molecule has 1 aliphatic heterocycles. The Morgan fingerprint density at radius 3 is 2.33 bits per heavy atom. The van der Waals surface area contributed by atoms with Gasteiger partial charge in [-0.3, -0.25) is 9.79 Å². The molecule has 0 radical (unpaired) electrons. The molecule has 0 saturated heterocycles. The molecule has 2 nitrogen and oxygen atoms in total. The Morgan fingerprint density at radius 1 is 1.18 bits per heavy atom. The van der Waals surface area contributed by atoms with Gasteiger partial charge in [0.25, 0.3) is 0 Å². The summed E-state index contributed by atoms with van der Waals surface area (Å²) >= 11 is 6.69. The molecular weight excluding hydrogens is 464 g/mol. The second kappa shape index (κ2) is 14.4. The first-order chi connectivity index (χ1) is 15.6. The maximum absolute atomic E-state index is 13.0. The summed E-state index contributed by atoms with van der Waals surface area (Å²) in [6.45, 7) is 18.8. The Balaban J connectivity index is 0.00000265. The monoisotopic (exact) mass is 505 g/mol. The Kier molecular flexibility index (Phi) is 13.0. The van der Waals surface area contributed by atoms with E-state index >= 15 is 0 Å². The van der Waals surface area contributed by atoms with Crippen molar-refractivity contribution in [2.75, 3.05) is 0 Å². The van der Waals surface area contributed by atoms with Crippen molar-refractivity contribution in [1.29, 1.82) is 0 Å². The fourth-order valence-corrected chi connectivity index (χ4v) is 6.09. The summed E-state index contributed by atoms with van der Waals surface area (Å²) in [5, 5.41) is 2.03. The molecule has 0 fully saturated rings. The van der Waals surface area contributed by atoms with Crippen LogP contribution in [0.1, 0.15) is 96.6 Å². The number of hydrogen-bond donors (Lipinski definition) is 0. The highest BCUT2D eigenvalue weighted by Crippen LogP contribution is 2.32. The Hall–Kier alpha value is -1.07. The second-order valence-electron chi connectivity index (χ2n) is 8.51. The number of nitrogens with zero attached hydrogens (tertiary/aromatic N) is 1. The van der Waals surface area contributed by atoms with Gasteiger partial charge in [-0.15, -0.1) is 9.24 Å². The van der Waals surface area contributed by atoms with Crippen LogP contribution in [0.15, 0.2) is 40.0 Å². The minimum atomic E-state index is 0.0131. The zero-order valence-electron chi connectivity index (χ0n) is 22.0. The molecule has 33 heavy (non-hydrogen) atoms. The fourth-order valence-electron chi connectivity index (χ4n) is 3.87. The van der Waals surface area contributed by atoms with E-state index in [1.165, 1.54) is 30.1 Å². The zero-order valence-corrected chi connectivity index (χ0v) is 24.8. The van der Waals surface area contributed by atoms with Gasteiger partial charge in [-0.1, -0.05) is 66.9 Å². The van der Waals surface area contributed by atoms with E-state index in [4.69, 9.17) is 16.6 Å². The average molecular weight is 506 g/mol. The molecule has 0 aromatic heterocycles. The van der Waals surface area contributed by atoms with Gasteiger partial charge in [-0.25, -0.2) is 0 Å². The van der Waals surface area contributed by atoms with E-state index in [0.29, 0.717) is 12.1 Å². The largest absolute Gasteiger partial charge is 0.294 e. The predicted octanol–water partition coefficient (Wildman–Crippen LogP) is 9.12. The summed E-state index contributed by atoms with van der Waals surface area (Å²) in [6.07, 6.45) is 5.54.